The van der Waals surface area contributed by atoms with Crippen LogP contribution < -0.4 is 9.47 Å². The Kier molecular flexibility index (Phi) is 5.19. The van der Waals surface area contributed by atoms with Gasteiger partial charge in [-0.25, -0.2) is 0 Å². The molecule has 4 heteroatoms. The molecule has 180 valence electrons. The Bertz CT molecular complexity index is 1010. The van der Waals surface area contributed by atoms with Crippen molar-refractivity contribution in [1.82, 2.24) is 0 Å². The minimum atomic E-state index is -0.397. The number of hydrogen-bond donors (Lipinski definition) is 0. The van der Waals surface area contributed by atoms with Crippen LogP contribution in [-0.4, -0.2) is 27.3 Å². The van der Waals surface area contributed by atoms with Crippen molar-refractivity contribution in [3.63, 3.8) is 0 Å². The molecule has 1 spiro atoms. The number of fused-ring (bicyclic) bond motifs is 1. The number of ether oxygens (including phenoxy) is 3. The third kappa shape index (κ3) is 2.79. The second-order valence-corrected chi connectivity index (χ2v) is 11.8. The van der Waals surface area contributed by atoms with Gasteiger partial charge in [-0.3, -0.25) is 4.79 Å². The van der Waals surface area contributed by atoms with E-state index in [1.54, 1.807) is 26.9 Å². The van der Waals surface area contributed by atoms with Crippen molar-refractivity contribution in [2.45, 2.75) is 77.6 Å². The van der Waals surface area contributed by atoms with Crippen LogP contribution in [0, 0.1) is 28.6 Å². The summed E-state index contributed by atoms with van der Waals surface area (Å²) < 4.78 is 17.3. The van der Waals surface area contributed by atoms with Crippen molar-refractivity contribution in [3.05, 3.63) is 34.9 Å². The molecule has 5 aliphatic rings. The van der Waals surface area contributed by atoms with Crippen LogP contribution in [0.3, 0.4) is 0 Å². The lowest BCUT2D eigenvalue weighted by atomic mass is 9.37. The van der Waals surface area contributed by atoms with Crippen molar-refractivity contribution in [2.24, 2.45) is 28.6 Å². The third-order valence-electron chi connectivity index (χ3n) is 10.3. The van der Waals surface area contributed by atoms with Crippen LogP contribution >= 0.6 is 0 Å². The molecule has 4 nitrogen and oxygen atoms in total. The van der Waals surface area contributed by atoms with Gasteiger partial charge in [0.1, 0.15) is 11.5 Å². The Morgan fingerprint density at radius 2 is 1.70 bits per heavy atom. The van der Waals surface area contributed by atoms with Gasteiger partial charge in [0, 0.05) is 22.5 Å². The number of carbonyl (C=O) groups is 1. The zero-order valence-corrected chi connectivity index (χ0v) is 21.4. The van der Waals surface area contributed by atoms with Crippen LogP contribution in [0.2, 0.25) is 0 Å². The molecule has 0 aromatic heterocycles. The van der Waals surface area contributed by atoms with Gasteiger partial charge in [-0.1, -0.05) is 38.8 Å². The fraction of sp³-hybridized carbons (Fsp3) is 0.690. The molecule has 0 saturated heterocycles. The van der Waals surface area contributed by atoms with E-state index in [4.69, 9.17) is 14.2 Å². The van der Waals surface area contributed by atoms with Gasteiger partial charge < -0.3 is 14.2 Å². The molecule has 6 rings (SSSR count). The van der Waals surface area contributed by atoms with Gasteiger partial charge in [0.25, 0.3) is 0 Å². The molecule has 0 aliphatic heterocycles. The second kappa shape index (κ2) is 7.52. The fourth-order valence-electron chi connectivity index (χ4n) is 9.00. The highest BCUT2D eigenvalue weighted by molar-refractivity contribution is 5.77. The molecular formula is C29H40O4. The van der Waals surface area contributed by atoms with E-state index >= 15 is 0 Å². The number of carbonyl (C=O) groups excluding carboxylic acids is 1. The number of rotatable bonds is 4. The first kappa shape index (κ1) is 22.8. The summed E-state index contributed by atoms with van der Waals surface area (Å²) in [7, 11) is 5.14. The zero-order valence-electron chi connectivity index (χ0n) is 21.4. The van der Waals surface area contributed by atoms with E-state index < -0.39 is 5.41 Å². The first-order valence-corrected chi connectivity index (χ1v) is 12.7. The normalized spacial score (nSPS) is 38.7. The van der Waals surface area contributed by atoms with Crippen molar-refractivity contribution < 1.29 is 19.0 Å². The van der Waals surface area contributed by atoms with E-state index in [1.807, 2.05) is 0 Å². The van der Waals surface area contributed by atoms with Crippen molar-refractivity contribution in [3.8, 4) is 11.5 Å². The summed E-state index contributed by atoms with van der Waals surface area (Å²) in [5.74, 6) is 3.64. The summed E-state index contributed by atoms with van der Waals surface area (Å²) in [6, 6.07) is 4.19. The molecule has 33 heavy (non-hydrogen) atoms. The topological polar surface area (TPSA) is 44.8 Å². The van der Waals surface area contributed by atoms with Crippen LogP contribution in [0.4, 0.5) is 0 Å². The zero-order chi connectivity index (χ0) is 23.8. The number of allylic oxidation sites excluding steroid dienone is 2. The van der Waals surface area contributed by atoms with Crippen LogP contribution in [0.5, 0.6) is 11.5 Å². The Balaban J connectivity index is 1.73. The maximum absolute atomic E-state index is 13.1. The highest BCUT2D eigenvalue weighted by Gasteiger charge is 2.66. The first-order valence-electron chi connectivity index (χ1n) is 12.7. The molecule has 1 aromatic rings. The maximum Gasteiger partial charge on any atom is 0.311 e. The summed E-state index contributed by atoms with van der Waals surface area (Å²) in [6.07, 6.45) is 9.05. The van der Waals surface area contributed by atoms with E-state index in [1.165, 1.54) is 17.5 Å². The standard InChI is InChI=1S/C29H40O4/c1-17(2)19-16-29-14-11-22-27(3,12-8-13-28(22,4)26(30)33-7)23(29)15-18(19)24-20(31-5)9-10-21(32-6)25(24)29/h9-10,16-18,22-23H,8,11-15H2,1-7H3/t18-,22-,23-,27+,28-,29-/m1/s1. The molecule has 6 atom stereocenters. The van der Waals surface area contributed by atoms with Crippen LogP contribution in [-0.2, 0) is 14.9 Å². The average Bonchev–Trinajstić information content (AvgIpc) is 2.82. The molecule has 0 unspecified atom stereocenters. The van der Waals surface area contributed by atoms with E-state index in [-0.39, 0.29) is 16.8 Å². The van der Waals surface area contributed by atoms with Gasteiger partial charge >= 0.3 is 5.97 Å². The Morgan fingerprint density at radius 1 is 1.00 bits per heavy atom. The highest BCUT2D eigenvalue weighted by Crippen LogP contribution is 2.73. The molecule has 2 saturated carbocycles. The van der Waals surface area contributed by atoms with Gasteiger partial charge in [-0.05, 0) is 74.3 Å². The molecule has 2 bridgehead atoms. The summed E-state index contributed by atoms with van der Waals surface area (Å²) >= 11 is 0. The van der Waals surface area contributed by atoms with Crippen molar-refractivity contribution >= 4 is 5.97 Å². The first-order chi connectivity index (χ1) is 15.7. The van der Waals surface area contributed by atoms with Gasteiger partial charge in [-0.2, -0.15) is 0 Å². The molecule has 0 radical (unpaired) electrons. The molecule has 0 amide bonds. The number of hydrogen-bond acceptors (Lipinski definition) is 4. The van der Waals surface area contributed by atoms with Crippen molar-refractivity contribution in [2.75, 3.05) is 21.3 Å². The predicted octanol–water partition coefficient (Wildman–Crippen LogP) is 6.42. The van der Waals surface area contributed by atoms with Crippen LogP contribution in [0.1, 0.15) is 83.3 Å². The second-order valence-electron chi connectivity index (χ2n) is 11.8. The molecular weight excluding hydrogens is 412 g/mol. The van der Waals surface area contributed by atoms with Crippen molar-refractivity contribution in [1.29, 1.82) is 0 Å². The van der Waals surface area contributed by atoms with E-state index in [0.29, 0.717) is 23.7 Å². The number of esters is 1. The summed E-state index contributed by atoms with van der Waals surface area (Å²) in [6.45, 7) is 9.31. The Hall–Kier alpha value is -1.97. The maximum atomic E-state index is 13.1. The molecule has 5 aliphatic carbocycles. The monoisotopic (exact) mass is 452 g/mol. The quantitative estimate of drug-likeness (QED) is 0.390. The van der Waals surface area contributed by atoms with Crippen LogP contribution in [0.25, 0.3) is 0 Å². The van der Waals surface area contributed by atoms with E-state index in [9.17, 15) is 4.79 Å². The SMILES string of the molecule is COC(=O)[C@]1(C)CCC[C@@]2(C)[C@H]1CC[C@@]13C=C(C(C)C)[C@@H](C[C@H]21)c1c(OC)ccc(OC)c13. The molecule has 2 fully saturated rings. The third-order valence-corrected chi connectivity index (χ3v) is 10.3. The minimum Gasteiger partial charge on any atom is -0.496 e. The summed E-state index contributed by atoms with van der Waals surface area (Å²) in [5, 5.41) is 0. The minimum absolute atomic E-state index is 0.0200. The predicted molar refractivity (Wildman–Crippen MR) is 130 cm³/mol. The largest absolute Gasteiger partial charge is 0.496 e. The van der Waals surface area contributed by atoms with E-state index in [2.05, 4.69) is 45.9 Å². The molecule has 0 heterocycles. The van der Waals surface area contributed by atoms with E-state index in [0.717, 1.165) is 43.6 Å². The molecule has 1 aromatic carbocycles. The Morgan fingerprint density at radius 3 is 2.33 bits per heavy atom. The van der Waals surface area contributed by atoms with Crippen LogP contribution in [0.15, 0.2) is 23.8 Å². The number of benzene rings is 1. The lowest BCUT2D eigenvalue weighted by molar-refractivity contribution is -0.175. The summed E-state index contributed by atoms with van der Waals surface area (Å²) in [5.41, 5.74) is 3.89. The average molecular weight is 453 g/mol. The lowest BCUT2D eigenvalue weighted by Gasteiger charge is -2.66. The summed E-state index contributed by atoms with van der Waals surface area (Å²) in [4.78, 5) is 13.1. The molecule has 0 N–H and O–H groups in total. The number of methoxy groups -OCH3 is 3. The fourth-order valence-corrected chi connectivity index (χ4v) is 9.00. The highest BCUT2D eigenvalue weighted by atomic mass is 16.5. The van der Waals surface area contributed by atoms with Gasteiger partial charge in [0.2, 0.25) is 0 Å². The van der Waals surface area contributed by atoms with Gasteiger partial charge in [0.05, 0.1) is 26.7 Å². The Labute approximate surface area is 199 Å². The van der Waals surface area contributed by atoms with Gasteiger partial charge in [-0.15, -0.1) is 0 Å². The smallest absolute Gasteiger partial charge is 0.311 e. The van der Waals surface area contributed by atoms with Gasteiger partial charge in [0.15, 0.2) is 0 Å². The lowest BCUT2D eigenvalue weighted by Crippen LogP contribution is -2.62.